The monoisotopic (exact) mass is 273 g/mol. The van der Waals surface area contributed by atoms with Gasteiger partial charge in [0.25, 0.3) is 0 Å². The van der Waals surface area contributed by atoms with Crippen molar-refractivity contribution in [3.05, 3.63) is 30.3 Å². The molecule has 5 heteroatoms. The van der Waals surface area contributed by atoms with Crippen LogP contribution in [0.3, 0.4) is 0 Å². The smallest absolute Gasteiger partial charge is 0.204 e. The molecule has 0 fully saturated rings. The van der Waals surface area contributed by atoms with Gasteiger partial charge in [-0.3, -0.25) is 0 Å². The zero-order chi connectivity index (χ0) is 14.8. The molecule has 5 nitrogen and oxygen atoms in total. The molecule has 2 aromatic rings. The first kappa shape index (κ1) is 14.7. The predicted octanol–water partition coefficient (Wildman–Crippen LogP) is 2.66. The van der Waals surface area contributed by atoms with Gasteiger partial charge in [-0.15, -0.1) is 10.2 Å². The topological polar surface area (TPSA) is 69.6 Å². The molecule has 1 aromatic carbocycles. The number of benzene rings is 1. The second-order valence-electron chi connectivity index (χ2n) is 6.18. The van der Waals surface area contributed by atoms with Crippen LogP contribution in [0.5, 0.6) is 0 Å². The van der Waals surface area contributed by atoms with Crippen LogP contribution in [0.1, 0.15) is 40.2 Å². The van der Waals surface area contributed by atoms with E-state index in [9.17, 15) is 0 Å². The van der Waals surface area contributed by atoms with E-state index < -0.39 is 0 Å². The first-order chi connectivity index (χ1) is 9.43. The van der Waals surface area contributed by atoms with Gasteiger partial charge in [-0.1, -0.05) is 58.0 Å². The summed E-state index contributed by atoms with van der Waals surface area (Å²) in [7, 11) is 0. The van der Waals surface area contributed by atoms with Gasteiger partial charge in [0.15, 0.2) is 0 Å². The number of rotatable bonds is 4. The molecule has 108 valence electrons. The van der Waals surface area contributed by atoms with Gasteiger partial charge in [0.1, 0.15) is 0 Å². The fourth-order valence-corrected chi connectivity index (χ4v) is 2.43. The number of hydrogen-bond donors (Lipinski definition) is 1. The summed E-state index contributed by atoms with van der Waals surface area (Å²) in [6.45, 7) is 8.54. The summed E-state index contributed by atoms with van der Waals surface area (Å²) in [6.07, 6.45) is 0.879. The minimum Gasteiger partial charge on any atom is -0.326 e. The molecule has 2 rings (SSSR count). The Balaban J connectivity index is 2.35. The van der Waals surface area contributed by atoms with Crippen LogP contribution in [0.2, 0.25) is 0 Å². The highest BCUT2D eigenvalue weighted by Gasteiger charge is 2.33. The Hall–Kier alpha value is -1.75. The maximum Gasteiger partial charge on any atom is 0.204 e. The van der Waals surface area contributed by atoms with Crippen LogP contribution < -0.4 is 5.73 Å². The highest BCUT2D eigenvalue weighted by Crippen LogP contribution is 2.32. The maximum absolute atomic E-state index is 6.25. The number of hydrogen-bond acceptors (Lipinski definition) is 4. The van der Waals surface area contributed by atoms with Crippen molar-refractivity contribution in [3.8, 4) is 11.4 Å². The van der Waals surface area contributed by atoms with Crippen LogP contribution in [-0.4, -0.2) is 26.2 Å². The van der Waals surface area contributed by atoms with E-state index in [-0.39, 0.29) is 17.5 Å². The zero-order valence-electron chi connectivity index (χ0n) is 12.6. The molecule has 0 aliphatic carbocycles. The van der Waals surface area contributed by atoms with Gasteiger partial charge in [0.2, 0.25) is 5.82 Å². The molecule has 0 aliphatic rings. The molecule has 2 N–H and O–H groups in total. The molecular weight excluding hydrogens is 250 g/mol. The fraction of sp³-hybridized carbons (Fsp3) is 0.533. The standard InChI is InChI=1S/C15H23N5/c1-5-12(16)13(15(2,3)4)20-18-14(17-19-20)11-9-7-6-8-10-11/h6-10,12-13H,5,16H2,1-4H3. The van der Waals surface area contributed by atoms with Gasteiger partial charge in [0, 0.05) is 11.6 Å². The average Bonchev–Trinajstić information content (AvgIpc) is 2.87. The van der Waals surface area contributed by atoms with Crippen LogP contribution in [0, 0.1) is 5.41 Å². The molecule has 0 saturated heterocycles. The predicted molar refractivity (Wildman–Crippen MR) is 80.0 cm³/mol. The lowest BCUT2D eigenvalue weighted by Gasteiger charge is -2.33. The third kappa shape index (κ3) is 3.04. The molecule has 1 aromatic heterocycles. The van der Waals surface area contributed by atoms with E-state index >= 15 is 0 Å². The minimum absolute atomic E-state index is 0.00724. The SMILES string of the molecule is CCC(N)C(n1nnc(-c2ccccc2)n1)C(C)(C)C. The summed E-state index contributed by atoms with van der Waals surface area (Å²) in [5.41, 5.74) is 7.20. The Morgan fingerprint density at radius 2 is 1.85 bits per heavy atom. The van der Waals surface area contributed by atoms with Gasteiger partial charge >= 0.3 is 0 Å². The fourth-order valence-electron chi connectivity index (χ4n) is 2.43. The van der Waals surface area contributed by atoms with E-state index in [1.54, 1.807) is 4.80 Å². The highest BCUT2D eigenvalue weighted by molar-refractivity contribution is 5.52. The largest absolute Gasteiger partial charge is 0.326 e. The van der Waals surface area contributed by atoms with E-state index in [0.717, 1.165) is 12.0 Å². The minimum atomic E-state index is -0.0237. The summed E-state index contributed by atoms with van der Waals surface area (Å²) in [4.78, 5) is 1.68. The van der Waals surface area contributed by atoms with E-state index in [1.165, 1.54) is 0 Å². The van der Waals surface area contributed by atoms with E-state index in [0.29, 0.717) is 5.82 Å². The van der Waals surface area contributed by atoms with E-state index in [2.05, 4.69) is 43.1 Å². The normalized spacial score (nSPS) is 15.1. The third-order valence-electron chi connectivity index (χ3n) is 3.47. The Morgan fingerprint density at radius 3 is 2.40 bits per heavy atom. The van der Waals surface area contributed by atoms with Crippen LogP contribution in [0.15, 0.2) is 30.3 Å². The summed E-state index contributed by atoms with van der Waals surface area (Å²) < 4.78 is 0. The van der Waals surface area contributed by atoms with E-state index in [1.807, 2.05) is 30.3 Å². The van der Waals surface area contributed by atoms with Crippen LogP contribution >= 0.6 is 0 Å². The summed E-state index contributed by atoms with van der Waals surface area (Å²) in [5, 5.41) is 12.9. The lowest BCUT2D eigenvalue weighted by Crippen LogP contribution is -2.41. The Labute approximate surface area is 120 Å². The molecule has 20 heavy (non-hydrogen) atoms. The second-order valence-corrected chi connectivity index (χ2v) is 6.18. The molecular formula is C15H23N5. The second kappa shape index (κ2) is 5.71. The van der Waals surface area contributed by atoms with Crippen molar-refractivity contribution < 1.29 is 0 Å². The number of tetrazole rings is 1. The lowest BCUT2D eigenvalue weighted by atomic mass is 9.82. The third-order valence-corrected chi connectivity index (χ3v) is 3.47. The Bertz CT molecular complexity index is 541. The van der Waals surface area contributed by atoms with Crippen molar-refractivity contribution in [2.45, 2.75) is 46.2 Å². The van der Waals surface area contributed by atoms with Gasteiger partial charge in [-0.25, -0.2) is 0 Å². The summed E-state index contributed by atoms with van der Waals surface area (Å²) >= 11 is 0. The molecule has 1 heterocycles. The van der Waals surface area contributed by atoms with Gasteiger partial charge in [0.05, 0.1) is 6.04 Å². The van der Waals surface area contributed by atoms with Gasteiger partial charge in [-0.2, -0.15) is 4.80 Å². The van der Waals surface area contributed by atoms with Crippen LogP contribution in [-0.2, 0) is 0 Å². The molecule has 0 amide bonds. The van der Waals surface area contributed by atoms with Crippen LogP contribution in [0.25, 0.3) is 11.4 Å². The summed E-state index contributed by atoms with van der Waals surface area (Å²) in [5.74, 6) is 0.642. The van der Waals surface area contributed by atoms with Crippen molar-refractivity contribution in [1.29, 1.82) is 0 Å². The Kier molecular flexibility index (Phi) is 4.18. The molecule has 0 radical (unpaired) electrons. The number of nitrogens with two attached hydrogens (primary N) is 1. The molecule has 2 atom stereocenters. The molecule has 2 unspecified atom stereocenters. The maximum atomic E-state index is 6.25. The van der Waals surface area contributed by atoms with Crippen molar-refractivity contribution in [2.24, 2.45) is 11.1 Å². The highest BCUT2D eigenvalue weighted by atomic mass is 15.6. The molecule has 0 aliphatic heterocycles. The number of nitrogens with zero attached hydrogens (tertiary/aromatic N) is 4. The van der Waals surface area contributed by atoms with Gasteiger partial charge < -0.3 is 5.73 Å². The van der Waals surface area contributed by atoms with Crippen LogP contribution in [0.4, 0.5) is 0 Å². The molecule has 0 bridgehead atoms. The van der Waals surface area contributed by atoms with E-state index in [4.69, 9.17) is 5.73 Å². The quantitative estimate of drug-likeness (QED) is 0.929. The molecule has 0 spiro atoms. The zero-order valence-corrected chi connectivity index (χ0v) is 12.6. The average molecular weight is 273 g/mol. The van der Waals surface area contributed by atoms with Crippen molar-refractivity contribution in [1.82, 2.24) is 20.2 Å². The summed E-state index contributed by atoms with van der Waals surface area (Å²) in [6, 6.07) is 9.90. The number of aromatic nitrogens is 4. The lowest BCUT2D eigenvalue weighted by molar-refractivity contribution is 0.166. The Morgan fingerprint density at radius 1 is 1.20 bits per heavy atom. The van der Waals surface area contributed by atoms with Crippen molar-refractivity contribution in [2.75, 3.05) is 0 Å². The van der Waals surface area contributed by atoms with Gasteiger partial charge in [-0.05, 0) is 17.0 Å². The first-order valence-electron chi connectivity index (χ1n) is 7.04. The first-order valence-corrected chi connectivity index (χ1v) is 7.04. The van der Waals surface area contributed by atoms with Crippen molar-refractivity contribution in [3.63, 3.8) is 0 Å². The van der Waals surface area contributed by atoms with Crippen molar-refractivity contribution >= 4 is 0 Å². The molecule has 0 saturated carbocycles.